The van der Waals surface area contributed by atoms with Crippen LogP contribution in [-0.4, -0.2) is 11.7 Å². The number of halogens is 2. The van der Waals surface area contributed by atoms with Crippen molar-refractivity contribution in [1.29, 1.82) is 0 Å². The van der Waals surface area contributed by atoms with Crippen LogP contribution in [0.1, 0.15) is 23.2 Å². The van der Waals surface area contributed by atoms with E-state index in [1.807, 2.05) is 0 Å². The van der Waals surface area contributed by atoms with Gasteiger partial charge in [-0.2, -0.15) is 0 Å². The highest BCUT2D eigenvalue weighted by molar-refractivity contribution is 6.18. The third-order valence-electron chi connectivity index (χ3n) is 1.71. The summed E-state index contributed by atoms with van der Waals surface area (Å²) in [5.41, 5.74) is 0.160. The molecule has 70 valence electrons. The molecule has 0 aliphatic rings. The summed E-state index contributed by atoms with van der Waals surface area (Å²) in [7, 11) is 0. The Labute approximate surface area is 81.5 Å². The van der Waals surface area contributed by atoms with Crippen LogP contribution in [0.4, 0.5) is 4.39 Å². The molecule has 0 N–H and O–H groups in total. The molecule has 13 heavy (non-hydrogen) atoms. The molecule has 1 rings (SSSR count). The van der Waals surface area contributed by atoms with Gasteiger partial charge >= 0.3 is 0 Å². The predicted molar refractivity (Wildman–Crippen MR) is 50.7 cm³/mol. The van der Waals surface area contributed by atoms with E-state index in [-0.39, 0.29) is 11.3 Å². The summed E-state index contributed by atoms with van der Waals surface area (Å²) in [6, 6.07) is 5.99. The summed E-state index contributed by atoms with van der Waals surface area (Å²) in [5.74, 6) is -0.207. The lowest BCUT2D eigenvalue weighted by atomic mass is 10.1. The maximum Gasteiger partial charge on any atom is 0.165 e. The number of carbonyl (C=O) groups excluding carboxylic acids is 1. The van der Waals surface area contributed by atoms with Gasteiger partial charge in [0.2, 0.25) is 0 Å². The Morgan fingerprint density at radius 1 is 1.38 bits per heavy atom. The predicted octanol–water partition coefficient (Wildman–Crippen LogP) is 3.03. The summed E-state index contributed by atoms with van der Waals surface area (Å²) in [5, 5.41) is 0. The first-order valence-corrected chi connectivity index (χ1v) is 4.63. The van der Waals surface area contributed by atoms with E-state index in [0.717, 1.165) is 0 Å². The highest BCUT2D eigenvalue weighted by Gasteiger charge is 2.09. The number of ketones is 1. The van der Waals surface area contributed by atoms with Crippen LogP contribution < -0.4 is 0 Å². The number of rotatable bonds is 4. The van der Waals surface area contributed by atoms with E-state index < -0.39 is 5.82 Å². The van der Waals surface area contributed by atoms with Crippen molar-refractivity contribution in [3.05, 3.63) is 35.6 Å². The number of hydrogen-bond acceptors (Lipinski definition) is 1. The van der Waals surface area contributed by atoms with Crippen LogP contribution in [0.2, 0.25) is 0 Å². The van der Waals surface area contributed by atoms with Gasteiger partial charge in [0.1, 0.15) is 5.82 Å². The smallest absolute Gasteiger partial charge is 0.165 e. The van der Waals surface area contributed by atoms with Crippen molar-refractivity contribution in [2.45, 2.75) is 12.8 Å². The quantitative estimate of drug-likeness (QED) is 0.540. The summed E-state index contributed by atoms with van der Waals surface area (Å²) < 4.78 is 13.0. The zero-order valence-electron chi connectivity index (χ0n) is 7.09. The average molecular weight is 201 g/mol. The summed E-state index contributed by atoms with van der Waals surface area (Å²) >= 11 is 5.43. The molecule has 0 bridgehead atoms. The Kier molecular flexibility index (Phi) is 3.90. The first-order valence-electron chi connectivity index (χ1n) is 4.09. The van der Waals surface area contributed by atoms with E-state index in [2.05, 4.69) is 0 Å². The molecule has 3 heteroatoms. The van der Waals surface area contributed by atoms with E-state index in [9.17, 15) is 9.18 Å². The minimum Gasteiger partial charge on any atom is -0.294 e. The molecule has 0 fully saturated rings. The van der Waals surface area contributed by atoms with Crippen molar-refractivity contribution < 1.29 is 9.18 Å². The van der Waals surface area contributed by atoms with Crippen LogP contribution >= 0.6 is 11.6 Å². The molecule has 0 aliphatic heterocycles. The van der Waals surface area contributed by atoms with E-state index in [0.29, 0.717) is 18.7 Å². The molecular formula is C10H10ClFO. The lowest BCUT2D eigenvalue weighted by Crippen LogP contribution is -2.02. The van der Waals surface area contributed by atoms with E-state index >= 15 is 0 Å². The molecule has 1 nitrogen and oxygen atoms in total. The minimum absolute atomic E-state index is 0.160. The van der Waals surface area contributed by atoms with Gasteiger partial charge in [-0.3, -0.25) is 4.79 Å². The van der Waals surface area contributed by atoms with Crippen molar-refractivity contribution in [2.24, 2.45) is 0 Å². The van der Waals surface area contributed by atoms with Gasteiger partial charge in [0, 0.05) is 12.3 Å². The van der Waals surface area contributed by atoms with Crippen molar-refractivity contribution >= 4 is 17.4 Å². The van der Waals surface area contributed by atoms with E-state index in [1.165, 1.54) is 12.1 Å². The lowest BCUT2D eigenvalue weighted by molar-refractivity contribution is 0.0978. The van der Waals surface area contributed by atoms with Crippen LogP contribution in [-0.2, 0) is 0 Å². The second kappa shape index (κ2) is 4.97. The average Bonchev–Trinajstić information content (AvgIpc) is 2.15. The molecule has 1 aromatic rings. The van der Waals surface area contributed by atoms with Crippen LogP contribution in [0.5, 0.6) is 0 Å². The van der Waals surface area contributed by atoms with Crippen LogP contribution in [0.15, 0.2) is 24.3 Å². The third kappa shape index (κ3) is 2.81. The number of hydrogen-bond donors (Lipinski definition) is 0. The van der Waals surface area contributed by atoms with E-state index in [1.54, 1.807) is 12.1 Å². The van der Waals surface area contributed by atoms with Crippen LogP contribution in [0, 0.1) is 5.82 Å². The van der Waals surface area contributed by atoms with Gasteiger partial charge in [-0.05, 0) is 18.6 Å². The van der Waals surface area contributed by atoms with Crippen molar-refractivity contribution in [3.8, 4) is 0 Å². The molecule has 0 amide bonds. The number of carbonyl (C=O) groups is 1. The second-order valence-electron chi connectivity index (χ2n) is 2.70. The highest BCUT2D eigenvalue weighted by atomic mass is 35.5. The summed E-state index contributed by atoms with van der Waals surface area (Å²) in [6.07, 6.45) is 0.902. The normalized spacial score (nSPS) is 10.0. The molecule has 0 radical (unpaired) electrons. The Balaban J connectivity index is 2.71. The summed E-state index contributed by atoms with van der Waals surface area (Å²) in [6.45, 7) is 0. The van der Waals surface area contributed by atoms with Crippen LogP contribution in [0.25, 0.3) is 0 Å². The largest absolute Gasteiger partial charge is 0.294 e. The second-order valence-corrected chi connectivity index (χ2v) is 3.07. The highest BCUT2D eigenvalue weighted by Crippen LogP contribution is 2.10. The van der Waals surface area contributed by atoms with Crippen LogP contribution in [0.3, 0.4) is 0 Å². The van der Waals surface area contributed by atoms with Gasteiger partial charge in [0.05, 0.1) is 5.56 Å². The minimum atomic E-state index is -0.456. The SMILES string of the molecule is O=C(CCCCl)c1ccccc1F. The third-order valence-corrected chi connectivity index (χ3v) is 1.98. The fourth-order valence-corrected chi connectivity index (χ4v) is 1.18. The first-order chi connectivity index (χ1) is 6.25. The zero-order chi connectivity index (χ0) is 9.68. The molecule has 0 atom stereocenters. The fourth-order valence-electron chi connectivity index (χ4n) is 1.05. The molecule has 1 aromatic carbocycles. The summed E-state index contributed by atoms with van der Waals surface area (Å²) in [4.78, 5) is 11.3. The molecule has 0 saturated heterocycles. The Morgan fingerprint density at radius 2 is 2.08 bits per heavy atom. The molecule has 0 aliphatic carbocycles. The van der Waals surface area contributed by atoms with Gasteiger partial charge in [0.15, 0.2) is 5.78 Å². The van der Waals surface area contributed by atoms with Crippen molar-refractivity contribution in [1.82, 2.24) is 0 Å². The number of alkyl halides is 1. The zero-order valence-corrected chi connectivity index (χ0v) is 7.85. The first kappa shape index (κ1) is 10.2. The Hall–Kier alpha value is -0.890. The maximum absolute atomic E-state index is 13.0. The van der Waals surface area contributed by atoms with Gasteiger partial charge in [-0.15, -0.1) is 11.6 Å². The monoisotopic (exact) mass is 200 g/mol. The van der Waals surface area contributed by atoms with Gasteiger partial charge < -0.3 is 0 Å². The molecule has 0 heterocycles. The number of benzene rings is 1. The fraction of sp³-hybridized carbons (Fsp3) is 0.300. The molecule has 0 spiro atoms. The van der Waals surface area contributed by atoms with Crippen molar-refractivity contribution in [3.63, 3.8) is 0 Å². The topological polar surface area (TPSA) is 17.1 Å². The Morgan fingerprint density at radius 3 is 2.69 bits per heavy atom. The molecule has 0 saturated carbocycles. The van der Waals surface area contributed by atoms with Gasteiger partial charge in [0.25, 0.3) is 0 Å². The van der Waals surface area contributed by atoms with Crippen molar-refractivity contribution in [2.75, 3.05) is 5.88 Å². The molecular weight excluding hydrogens is 191 g/mol. The van der Waals surface area contributed by atoms with Gasteiger partial charge in [-0.1, -0.05) is 12.1 Å². The Bertz CT molecular complexity index is 299. The van der Waals surface area contributed by atoms with Gasteiger partial charge in [-0.25, -0.2) is 4.39 Å². The van der Waals surface area contributed by atoms with E-state index in [4.69, 9.17) is 11.6 Å². The molecule has 0 aromatic heterocycles. The maximum atomic E-state index is 13.0. The lowest BCUT2D eigenvalue weighted by Gasteiger charge is -1.99. The molecule has 0 unspecified atom stereocenters. The standard InChI is InChI=1S/C10H10ClFO/c11-7-3-6-10(13)8-4-1-2-5-9(8)12/h1-2,4-5H,3,6-7H2. The number of Topliss-reactive ketones (excluding diaryl/α,β-unsaturated/α-hetero) is 1.